The molecule has 0 aliphatic heterocycles. The number of carbonyl (C=O) groups excluding carboxylic acids is 1. The fourth-order valence-electron chi connectivity index (χ4n) is 1.87. The van der Waals surface area contributed by atoms with Crippen LogP contribution in [0.1, 0.15) is 26.3 Å². The van der Waals surface area contributed by atoms with Crippen LogP contribution >= 0.6 is 0 Å². The number of hydrogen-bond acceptors (Lipinski definition) is 5. The second kappa shape index (κ2) is 5.41. The first kappa shape index (κ1) is 14.2. The maximum absolute atomic E-state index is 12.3. The molecule has 0 spiro atoms. The fourth-order valence-corrected chi connectivity index (χ4v) is 1.87. The molecule has 0 amide bonds. The molecule has 7 heteroatoms. The van der Waals surface area contributed by atoms with Crippen LogP contribution in [0.3, 0.4) is 0 Å². The summed E-state index contributed by atoms with van der Waals surface area (Å²) in [4.78, 5) is 33.4. The first-order valence-corrected chi connectivity index (χ1v) is 5.82. The van der Waals surface area contributed by atoms with Crippen molar-refractivity contribution in [3.05, 3.63) is 69.3 Å². The fraction of sp³-hybridized carbons (Fsp3) is 0. The minimum Gasteiger partial charge on any atom is -0.478 e. The average Bonchev–Trinajstić information content (AvgIpc) is 2.46. The van der Waals surface area contributed by atoms with E-state index in [0.717, 1.165) is 6.07 Å². The van der Waals surface area contributed by atoms with Gasteiger partial charge in [-0.3, -0.25) is 14.9 Å². The lowest BCUT2D eigenvalue weighted by Gasteiger charge is -2.07. The van der Waals surface area contributed by atoms with Crippen molar-refractivity contribution < 1.29 is 19.6 Å². The summed E-state index contributed by atoms with van der Waals surface area (Å²) in [6.45, 7) is 0. The first-order valence-electron chi connectivity index (χ1n) is 5.82. The minimum atomic E-state index is -1.25. The third-order valence-corrected chi connectivity index (χ3v) is 2.90. The van der Waals surface area contributed by atoms with Crippen molar-refractivity contribution in [3.63, 3.8) is 0 Å². The predicted molar refractivity (Wildman–Crippen MR) is 74.3 cm³/mol. The standard InChI is InChI=1S/C14H10N2O5/c15-12-10(5-2-6-11(12)14(18)19)13(17)8-3-1-4-9(7-8)16(20)21/h1-7H,15H2,(H,18,19). The van der Waals surface area contributed by atoms with Gasteiger partial charge in [-0.05, 0) is 12.1 Å². The van der Waals surface area contributed by atoms with Gasteiger partial charge in [0.2, 0.25) is 0 Å². The smallest absolute Gasteiger partial charge is 0.337 e. The number of carboxylic acids is 1. The van der Waals surface area contributed by atoms with Crippen LogP contribution < -0.4 is 5.73 Å². The van der Waals surface area contributed by atoms with Crippen molar-refractivity contribution in [1.29, 1.82) is 0 Å². The van der Waals surface area contributed by atoms with Gasteiger partial charge in [-0.1, -0.05) is 18.2 Å². The van der Waals surface area contributed by atoms with Gasteiger partial charge in [-0.15, -0.1) is 0 Å². The van der Waals surface area contributed by atoms with Gasteiger partial charge in [-0.25, -0.2) is 4.79 Å². The van der Waals surface area contributed by atoms with Crippen molar-refractivity contribution in [3.8, 4) is 0 Å². The third-order valence-electron chi connectivity index (χ3n) is 2.90. The van der Waals surface area contributed by atoms with Crippen LogP contribution in [0.15, 0.2) is 42.5 Å². The maximum Gasteiger partial charge on any atom is 0.337 e. The maximum atomic E-state index is 12.3. The van der Waals surface area contributed by atoms with Gasteiger partial charge >= 0.3 is 5.97 Å². The van der Waals surface area contributed by atoms with Crippen LogP contribution in [0, 0.1) is 10.1 Å². The molecule has 106 valence electrons. The highest BCUT2D eigenvalue weighted by Gasteiger charge is 2.19. The van der Waals surface area contributed by atoms with Crippen LogP contribution in [-0.4, -0.2) is 21.8 Å². The molecule has 2 rings (SSSR count). The molecule has 0 saturated heterocycles. The lowest BCUT2D eigenvalue weighted by atomic mass is 9.98. The number of para-hydroxylation sites is 1. The Morgan fingerprint density at radius 2 is 1.71 bits per heavy atom. The number of non-ortho nitro benzene ring substituents is 1. The summed E-state index contributed by atoms with van der Waals surface area (Å²) in [6.07, 6.45) is 0. The number of nitrogens with two attached hydrogens (primary N) is 1. The van der Waals surface area contributed by atoms with Crippen molar-refractivity contribution in [2.75, 3.05) is 5.73 Å². The summed E-state index contributed by atoms with van der Waals surface area (Å²) >= 11 is 0. The SMILES string of the molecule is Nc1c(C(=O)O)cccc1C(=O)c1cccc([N+](=O)[O-])c1. The van der Waals surface area contributed by atoms with Gasteiger partial charge in [-0.2, -0.15) is 0 Å². The second-order valence-corrected chi connectivity index (χ2v) is 4.21. The van der Waals surface area contributed by atoms with Crippen molar-refractivity contribution in [1.82, 2.24) is 0 Å². The van der Waals surface area contributed by atoms with E-state index in [1.807, 2.05) is 0 Å². The Bertz CT molecular complexity index is 755. The molecule has 0 saturated carbocycles. The topological polar surface area (TPSA) is 124 Å². The molecule has 3 N–H and O–H groups in total. The van der Waals surface area contributed by atoms with Crippen LogP contribution in [-0.2, 0) is 0 Å². The number of hydrogen-bond donors (Lipinski definition) is 2. The number of nitro benzene ring substituents is 1. The number of nitrogens with zero attached hydrogens (tertiary/aromatic N) is 1. The molecule has 0 aromatic heterocycles. The number of carboxylic acid groups (broad SMARTS) is 1. The Balaban J connectivity index is 2.50. The van der Waals surface area contributed by atoms with Crippen molar-refractivity contribution >= 4 is 23.1 Å². The van der Waals surface area contributed by atoms with E-state index in [1.165, 1.54) is 36.4 Å². The van der Waals surface area contributed by atoms with Gasteiger partial charge in [0, 0.05) is 23.3 Å². The number of carbonyl (C=O) groups is 2. The van der Waals surface area contributed by atoms with Gasteiger partial charge in [0.15, 0.2) is 5.78 Å². The quantitative estimate of drug-likeness (QED) is 0.384. The molecule has 0 unspecified atom stereocenters. The van der Waals surface area contributed by atoms with E-state index >= 15 is 0 Å². The Kier molecular flexibility index (Phi) is 3.66. The number of rotatable bonds is 4. The number of ketones is 1. The normalized spacial score (nSPS) is 10.1. The highest BCUT2D eigenvalue weighted by Crippen LogP contribution is 2.22. The number of nitrogen functional groups attached to an aromatic ring is 1. The molecule has 0 aliphatic carbocycles. The molecule has 0 aliphatic rings. The molecule has 2 aromatic rings. The number of aromatic carboxylic acids is 1. The van der Waals surface area contributed by atoms with E-state index in [-0.39, 0.29) is 28.1 Å². The summed E-state index contributed by atoms with van der Waals surface area (Å²) in [5.74, 6) is -1.82. The minimum absolute atomic E-state index is 0.00426. The van der Waals surface area contributed by atoms with Crippen LogP contribution in [0.25, 0.3) is 0 Å². The van der Waals surface area contributed by atoms with Crippen LogP contribution in [0.5, 0.6) is 0 Å². The largest absolute Gasteiger partial charge is 0.478 e. The summed E-state index contributed by atoms with van der Waals surface area (Å²) in [7, 11) is 0. The van der Waals surface area contributed by atoms with E-state index in [1.54, 1.807) is 0 Å². The van der Waals surface area contributed by atoms with Crippen LogP contribution in [0.4, 0.5) is 11.4 Å². The average molecular weight is 286 g/mol. The number of benzene rings is 2. The lowest BCUT2D eigenvalue weighted by molar-refractivity contribution is -0.384. The van der Waals surface area contributed by atoms with Crippen LogP contribution in [0.2, 0.25) is 0 Å². The molecule has 21 heavy (non-hydrogen) atoms. The van der Waals surface area contributed by atoms with E-state index < -0.39 is 16.7 Å². The second-order valence-electron chi connectivity index (χ2n) is 4.21. The Morgan fingerprint density at radius 1 is 1.10 bits per heavy atom. The Labute approximate surface area is 118 Å². The lowest BCUT2D eigenvalue weighted by Crippen LogP contribution is -2.10. The van der Waals surface area contributed by atoms with E-state index in [2.05, 4.69) is 0 Å². The molecule has 7 nitrogen and oxygen atoms in total. The summed E-state index contributed by atoms with van der Waals surface area (Å²) < 4.78 is 0. The molecular formula is C14H10N2O5. The van der Waals surface area contributed by atoms with Gasteiger partial charge < -0.3 is 10.8 Å². The highest BCUT2D eigenvalue weighted by atomic mass is 16.6. The highest BCUT2D eigenvalue weighted by molar-refractivity contribution is 6.14. The van der Waals surface area contributed by atoms with Gasteiger partial charge in [0.05, 0.1) is 16.2 Å². The zero-order chi connectivity index (χ0) is 15.6. The Hall–Kier alpha value is -3.22. The number of anilines is 1. The van der Waals surface area contributed by atoms with Gasteiger partial charge in [0.25, 0.3) is 5.69 Å². The predicted octanol–water partition coefficient (Wildman–Crippen LogP) is 2.11. The molecule has 0 bridgehead atoms. The molecular weight excluding hydrogens is 276 g/mol. The first-order chi connectivity index (χ1) is 9.91. The molecule has 0 heterocycles. The summed E-state index contributed by atoms with van der Waals surface area (Å²) in [5, 5.41) is 19.7. The Morgan fingerprint density at radius 3 is 2.33 bits per heavy atom. The summed E-state index contributed by atoms with van der Waals surface area (Å²) in [6, 6.07) is 9.21. The molecule has 2 aromatic carbocycles. The molecule has 0 fully saturated rings. The van der Waals surface area contributed by atoms with Gasteiger partial charge in [0.1, 0.15) is 0 Å². The van der Waals surface area contributed by atoms with Crippen molar-refractivity contribution in [2.45, 2.75) is 0 Å². The zero-order valence-corrected chi connectivity index (χ0v) is 10.6. The van der Waals surface area contributed by atoms with E-state index in [9.17, 15) is 19.7 Å². The zero-order valence-electron chi connectivity index (χ0n) is 10.6. The molecule has 0 atom stereocenters. The summed E-state index contributed by atoms with van der Waals surface area (Å²) in [5.41, 5.74) is 5.17. The number of nitro groups is 1. The third kappa shape index (κ3) is 2.71. The van der Waals surface area contributed by atoms with E-state index in [4.69, 9.17) is 10.8 Å². The molecule has 0 radical (unpaired) electrons. The van der Waals surface area contributed by atoms with E-state index in [0.29, 0.717) is 0 Å². The monoisotopic (exact) mass is 286 g/mol. The van der Waals surface area contributed by atoms with Crippen molar-refractivity contribution in [2.24, 2.45) is 0 Å².